The number of fused-ring (bicyclic) bond motifs is 3. The minimum Gasteiger partial charge on any atom is -0.341 e. The molecule has 0 aliphatic carbocycles. The fourth-order valence-electron chi connectivity index (χ4n) is 2.81. The molecule has 15 heavy (non-hydrogen) atoms. The van der Waals surface area contributed by atoms with Crippen LogP contribution >= 0.6 is 11.8 Å². The fourth-order valence-corrected chi connectivity index (χ4v) is 3.84. The summed E-state index contributed by atoms with van der Waals surface area (Å²) in [5.74, 6) is 1.22. The van der Waals surface area contributed by atoms with E-state index in [0.717, 1.165) is 13.1 Å². The van der Waals surface area contributed by atoms with Gasteiger partial charge in [-0.3, -0.25) is 0 Å². The number of nitrogens with one attached hydrogen (secondary N) is 1. The summed E-state index contributed by atoms with van der Waals surface area (Å²) in [6.07, 6.45) is 0. The first-order valence-corrected chi connectivity index (χ1v) is 6.40. The largest absolute Gasteiger partial charge is 0.341 e. The third kappa shape index (κ3) is 0.950. The molecule has 0 amide bonds. The second-order valence-electron chi connectivity index (χ2n) is 4.18. The topological polar surface area (TPSA) is 17.0 Å². The molecule has 2 aromatic rings. The molecule has 0 atom stereocenters. The van der Waals surface area contributed by atoms with E-state index in [1.165, 1.54) is 39.4 Å². The first-order chi connectivity index (χ1) is 7.45. The van der Waals surface area contributed by atoms with Crippen molar-refractivity contribution in [2.45, 2.75) is 24.5 Å². The Balaban J connectivity index is 2.22. The highest BCUT2D eigenvalue weighted by Gasteiger charge is 2.24. The molecule has 1 N–H and O–H groups in total. The first kappa shape index (κ1) is 8.25. The zero-order chi connectivity index (χ0) is 9.83. The van der Waals surface area contributed by atoms with E-state index in [4.69, 9.17) is 0 Å². The minimum atomic E-state index is 1.05. The number of para-hydroxylation sites is 1. The molecular formula is C12H12N2S. The van der Waals surface area contributed by atoms with Crippen LogP contribution < -0.4 is 5.32 Å². The molecule has 3 heteroatoms. The molecule has 4 rings (SSSR count). The Morgan fingerprint density at radius 2 is 2.27 bits per heavy atom. The van der Waals surface area contributed by atoms with Crippen molar-refractivity contribution < 1.29 is 0 Å². The van der Waals surface area contributed by atoms with Crippen LogP contribution in [-0.4, -0.2) is 10.3 Å². The number of rotatable bonds is 0. The Hall–Kier alpha value is -0.930. The summed E-state index contributed by atoms with van der Waals surface area (Å²) in [6.45, 7) is 3.27. The highest BCUT2D eigenvalue weighted by molar-refractivity contribution is 7.99. The molecular weight excluding hydrogens is 204 g/mol. The molecule has 3 heterocycles. The monoisotopic (exact) mass is 216 g/mol. The van der Waals surface area contributed by atoms with E-state index in [9.17, 15) is 0 Å². The zero-order valence-electron chi connectivity index (χ0n) is 8.42. The Morgan fingerprint density at radius 1 is 1.27 bits per heavy atom. The van der Waals surface area contributed by atoms with E-state index in [1.807, 2.05) is 11.8 Å². The Labute approximate surface area is 92.7 Å². The number of aromatic nitrogens is 1. The summed E-state index contributed by atoms with van der Waals surface area (Å²) >= 11 is 2.00. The number of nitrogens with zero attached hydrogens (tertiary/aromatic N) is 1. The van der Waals surface area contributed by atoms with Crippen LogP contribution in [0.3, 0.4) is 0 Å². The second-order valence-corrected chi connectivity index (χ2v) is 5.32. The van der Waals surface area contributed by atoms with Crippen LogP contribution in [0.2, 0.25) is 0 Å². The summed E-state index contributed by atoms with van der Waals surface area (Å²) in [4.78, 5) is 1.47. The second kappa shape index (κ2) is 2.80. The van der Waals surface area contributed by atoms with Gasteiger partial charge in [-0.25, -0.2) is 0 Å². The van der Waals surface area contributed by atoms with Crippen LogP contribution in [0.5, 0.6) is 0 Å². The van der Waals surface area contributed by atoms with Gasteiger partial charge in [0.05, 0.1) is 5.52 Å². The maximum absolute atomic E-state index is 3.45. The molecule has 2 nitrogen and oxygen atoms in total. The lowest BCUT2D eigenvalue weighted by Gasteiger charge is -2.17. The third-order valence-electron chi connectivity index (χ3n) is 3.43. The maximum Gasteiger partial charge on any atom is 0.0624 e. The highest BCUT2D eigenvalue weighted by Crippen LogP contribution is 2.38. The first-order valence-electron chi connectivity index (χ1n) is 5.41. The van der Waals surface area contributed by atoms with Gasteiger partial charge in [-0.1, -0.05) is 12.1 Å². The predicted octanol–water partition coefficient (Wildman–Crippen LogP) is 2.35. The van der Waals surface area contributed by atoms with E-state index < -0.39 is 0 Å². The van der Waals surface area contributed by atoms with Gasteiger partial charge >= 0.3 is 0 Å². The van der Waals surface area contributed by atoms with Crippen molar-refractivity contribution in [3.05, 3.63) is 29.5 Å². The predicted molar refractivity (Wildman–Crippen MR) is 63.2 cm³/mol. The Bertz CT molecular complexity index is 556. The zero-order valence-corrected chi connectivity index (χ0v) is 9.23. The van der Waals surface area contributed by atoms with Crippen molar-refractivity contribution in [3.8, 4) is 0 Å². The van der Waals surface area contributed by atoms with Gasteiger partial charge in [-0.2, -0.15) is 0 Å². The van der Waals surface area contributed by atoms with Gasteiger partial charge in [0.15, 0.2) is 0 Å². The lowest BCUT2D eigenvalue weighted by molar-refractivity contribution is 0.695. The standard InChI is InChI=1S/C12H12N2S/c1-2-8-9-6-13-7-10(9)14-4-5-15-11(3-1)12(8)14/h1-3,13H,4-7H2. The van der Waals surface area contributed by atoms with Gasteiger partial charge in [0.25, 0.3) is 0 Å². The van der Waals surface area contributed by atoms with Crippen molar-refractivity contribution >= 4 is 22.7 Å². The summed E-state index contributed by atoms with van der Waals surface area (Å²) in [6, 6.07) is 6.72. The molecule has 0 unspecified atom stereocenters. The molecule has 1 aromatic carbocycles. The molecule has 0 radical (unpaired) electrons. The summed E-state index contributed by atoms with van der Waals surface area (Å²) in [7, 11) is 0. The molecule has 0 spiro atoms. The third-order valence-corrected chi connectivity index (χ3v) is 4.46. The molecule has 0 bridgehead atoms. The SMILES string of the molecule is c1cc2c3c(c1)c1c(n3CCS2)CNC1. The van der Waals surface area contributed by atoms with E-state index in [1.54, 1.807) is 0 Å². The van der Waals surface area contributed by atoms with Crippen LogP contribution in [0.15, 0.2) is 23.1 Å². The minimum absolute atomic E-state index is 1.05. The number of hydrogen-bond donors (Lipinski definition) is 1. The molecule has 0 saturated carbocycles. The number of aryl methyl sites for hydroxylation is 1. The number of benzene rings is 1. The van der Waals surface area contributed by atoms with Gasteiger partial charge in [-0.05, 0) is 11.6 Å². The maximum atomic E-state index is 3.45. The van der Waals surface area contributed by atoms with Gasteiger partial charge in [-0.15, -0.1) is 11.8 Å². The summed E-state index contributed by atoms with van der Waals surface area (Å²) in [5.41, 5.74) is 4.55. The summed E-state index contributed by atoms with van der Waals surface area (Å²) < 4.78 is 2.52. The van der Waals surface area contributed by atoms with Crippen LogP contribution in [0.1, 0.15) is 11.3 Å². The van der Waals surface area contributed by atoms with Crippen molar-refractivity contribution in [2.75, 3.05) is 5.75 Å². The molecule has 1 aromatic heterocycles. The van der Waals surface area contributed by atoms with Crippen LogP contribution in [0.4, 0.5) is 0 Å². The lowest BCUT2D eigenvalue weighted by atomic mass is 10.1. The van der Waals surface area contributed by atoms with Gasteiger partial charge < -0.3 is 9.88 Å². The van der Waals surface area contributed by atoms with Crippen LogP contribution in [0.25, 0.3) is 10.9 Å². The normalized spacial score (nSPS) is 18.4. The number of hydrogen-bond acceptors (Lipinski definition) is 2. The van der Waals surface area contributed by atoms with Crippen molar-refractivity contribution in [3.63, 3.8) is 0 Å². The summed E-state index contributed by atoms with van der Waals surface area (Å²) in [5, 5.41) is 4.92. The van der Waals surface area contributed by atoms with E-state index in [2.05, 4.69) is 28.1 Å². The Morgan fingerprint density at radius 3 is 3.27 bits per heavy atom. The molecule has 2 aliphatic rings. The molecule has 76 valence electrons. The highest BCUT2D eigenvalue weighted by atomic mass is 32.2. The lowest BCUT2D eigenvalue weighted by Crippen LogP contribution is -2.11. The molecule has 0 fully saturated rings. The van der Waals surface area contributed by atoms with E-state index >= 15 is 0 Å². The smallest absolute Gasteiger partial charge is 0.0624 e. The average Bonchev–Trinajstić information content (AvgIpc) is 2.84. The average molecular weight is 216 g/mol. The van der Waals surface area contributed by atoms with Crippen LogP contribution in [-0.2, 0) is 19.6 Å². The van der Waals surface area contributed by atoms with Crippen molar-refractivity contribution in [2.24, 2.45) is 0 Å². The van der Waals surface area contributed by atoms with E-state index in [-0.39, 0.29) is 0 Å². The van der Waals surface area contributed by atoms with Gasteiger partial charge in [0.2, 0.25) is 0 Å². The van der Waals surface area contributed by atoms with E-state index in [0.29, 0.717) is 0 Å². The molecule has 0 saturated heterocycles. The van der Waals surface area contributed by atoms with Crippen LogP contribution in [0, 0.1) is 0 Å². The van der Waals surface area contributed by atoms with Gasteiger partial charge in [0.1, 0.15) is 0 Å². The van der Waals surface area contributed by atoms with Crippen molar-refractivity contribution in [1.82, 2.24) is 9.88 Å². The van der Waals surface area contributed by atoms with Crippen molar-refractivity contribution in [1.29, 1.82) is 0 Å². The molecule has 2 aliphatic heterocycles. The number of thioether (sulfide) groups is 1. The Kier molecular flexibility index (Phi) is 1.54. The fraction of sp³-hybridized carbons (Fsp3) is 0.333. The van der Waals surface area contributed by atoms with Gasteiger partial charge in [0, 0.05) is 41.4 Å². The quantitative estimate of drug-likeness (QED) is 0.728.